The van der Waals surface area contributed by atoms with Gasteiger partial charge in [0.2, 0.25) is 5.95 Å². The molecule has 1 aliphatic heterocycles. The summed E-state index contributed by atoms with van der Waals surface area (Å²) in [6.07, 6.45) is 8.18. The van der Waals surface area contributed by atoms with Crippen LogP contribution in [0.1, 0.15) is 36.4 Å². The van der Waals surface area contributed by atoms with Gasteiger partial charge in [-0.15, -0.1) is 6.58 Å². The van der Waals surface area contributed by atoms with Gasteiger partial charge in [0.05, 0.1) is 6.54 Å². The van der Waals surface area contributed by atoms with Crippen molar-refractivity contribution in [2.75, 3.05) is 43.4 Å². The number of aryl methyl sites for hydroxylation is 1. The van der Waals surface area contributed by atoms with Crippen LogP contribution in [0.5, 0.6) is 0 Å². The molecule has 0 spiro atoms. The molecule has 3 aromatic heterocycles. The number of allylic oxidation sites excluding steroid dienone is 1. The zero-order valence-electron chi connectivity index (χ0n) is 22.4. The van der Waals surface area contributed by atoms with Crippen LogP contribution in [0.2, 0.25) is 0 Å². The van der Waals surface area contributed by atoms with Gasteiger partial charge in [-0.1, -0.05) is 12.1 Å². The fourth-order valence-corrected chi connectivity index (χ4v) is 6.11. The van der Waals surface area contributed by atoms with Crippen molar-refractivity contribution in [3.8, 4) is 5.82 Å². The lowest BCUT2D eigenvalue weighted by molar-refractivity contribution is 0.313. The van der Waals surface area contributed by atoms with E-state index in [1.54, 1.807) is 17.0 Å². The molecule has 4 aromatic rings. The summed E-state index contributed by atoms with van der Waals surface area (Å²) in [7, 11) is 2.16. The summed E-state index contributed by atoms with van der Waals surface area (Å²) in [6, 6.07) is 12.6. The summed E-state index contributed by atoms with van der Waals surface area (Å²) in [5.74, 6) is 2.45. The minimum Gasteiger partial charge on any atom is -0.369 e. The normalized spacial score (nSPS) is 19.4. The van der Waals surface area contributed by atoms with E-state index in [4.69, 9.17) is 9.97 Å². The Morgan fingerprint density at radius 1 is 1.03 bits per heavy atom. The van der Waals surface area contributed by atoms with E-state index in [2.05, 4.69) is 64.1 Å². The van der Waals surface area contributed by atoms with E-state index in [1.807, 2.05) is 10.7 Å². The number of pyridine rings is 1. The second kappa shape index (κ2) is 9.64. The maximum atomic E-state index is 13.4. The zero-order chi connectivity index (χ0) is 26.5. The monoisotopic (exact) mass is 522 g/mol. The van der Waals surface area contributed by atoms with Gasteiger partial charge in [0.15, 0.2) is 11.5 Å². The van der Waals surface area contributed by atoms with Gasteiger partial charge in [0, 0.05) is 55.4 Å². The molecule has 1 atom stereocenters. The van der Waals surface area contributed by atoms with Crippen molar-refractivity contribution >= 4 is 28.4 Å². The number of piperazine rings is 1. The quantitative estimate of drug-likeness (QED) is 0.366. The number of fused-ring (bicyclic) bond motifs is 2. The Bertz CT molecular complexity index is 1590. The number of anilines is 3. The molecule has 1 aromatic carbocycles. The molecule has 1 saturated carbocycles. The predicted molar refractivity (Wildman–Crippen MR) is 154 cm³/mol. The van der Waals surface area contributed by atoms with Gasteiger partial charge in [0.1, 0.15) is 5.39 Å². The average Bonchev–Trinajstić information content (AvgIpc) is 3.66. The van der Waals surface area contributed by atoms with Crippen LogP contribution in [0.4, 0.5) is 17.3 Å². The summed E-state index contributed by atoms with van der Waals surface area (Å²) >= 11 is 0. The largest absolute Gasteiger partial charge is 0.369 e. The first kappa shape index (κ1) is 24.1. The molecular formula is C30H34N8O. The molecule has 0 bridgehead atoms. The van der Waals surface area contributed by atoms with Crippen molar-refractivity contribution in [3.63, 3.8) is 0 Å². The Hall–Kier alpha value is -3.98. The molecule has 1 N–H and O–H groups in total. The van der Waals surface area contributed by atoms with Crippen LogP contribution in [0.25, 0.3) is 16.9 Å². The number of rotatable bonds is 7. The fraction of sp³-hybridized carbons (Fsp3) is 0.400. The maximum absolute atomic E-state index is 13.4. The Morgan fingerprint density at radius 2 is 1.82 bits per heavy atom. The van der Waals surface area contributed by atoms with E-state index in [9.17, 15) is 4.79 Å². The van der Waals surface area contributed by atoms with E-state index < -0.39 is 0 Å². The number of nitrogens with one attached hydrogen (secondary N) is 1. The van der Waals surface area contributed by atoms with Crippen molar-refractivity contribution in [2.45, 2.75) is 38.1 Å². The second-order valence-corrected chi connectivity index (χ2v) is 11.1. The highest BCUT2D eigenvalue weighted by atomic mass is 16.1. The third-order valence-corrected chi connectivity index (χ3v) is 8.45. The third-order valence-electron chi connectivity index (χ3n) is 8.45. The maximum Gasteiger partial charge on any atom is 0.278 e. The smallest absolute Gasteiger partial charge is 0.278 e. The Labute approximate surface area is 227 Å². The van der Waals surface area contributed by atoms with Gasteiger partial charge in [-0.3, -0.25) is 4.79 Å². The van der Waals surface area contributed by atoms with E-state index in [0.29, 0.717) is 29.4 Å². The molecule has 9 heteroatoms. The predicted octanol–water partition coefficient (Wildman–Crippen LogP) is 4.10. The SMILES string of the molecule is C=CCn1c(=O)c2cnc(Nc3ccc(N4CCN(C)CC4)cc3)nc2n1-c1ccc2c(n1)C(C1CC1)CC2. The lowest BCUT2D eigenvalue weighted by Gasteiger charge is -2.34. The minimum atomic E-state index is -0.144. The highest BCUT2D eigenvalue weighted by molar-refractivity contribution is 5.77. The molecular weight excluding hydrogens is 488 g/mol. The van der Waals surface area contributed by atoms with Gasteiger partial charge in [-0.05, 0) is 74.5 Å². The topological polar surface area (TPSA) is 84.1 Å². The summed E-state index contributed by atoms with van der Waals surface area (Å²) < 4.78 is 3.49. The molecule has 3 aliphatic rings. The number of hydrogen-bond acceptors (Lipinski definition) is 7. The number of hydrogen-bond donors (Lipinski definition) is 1. The van der Waals surface area contributed by atoms with Crippen molar-refractivity contribution in [1.29, 1.82) is 0 Å². The van der Waals surface area contributed by atoms with Crippen molar-refractivity contribution in [3.05, 3.63) is 76.9 Å². The highest BCUT2D eigenvalue weighted by Gasteiger charge is 2.37. The lowest BCUT2D eigenvalue weighted by Crippen LogP contribution is -2.44. The molecule has 2 fully saturated rings. The van der Waals surface area contributed by atoms with Crippen molar-refractivity contribution < 1.29 is 0 Å². The van der Waals surface area contributed by atoms with E-state index in [-0.39, 0.29) is 5.56 Å². The fourth-order valence-electron chi connectivity index (χ4n) is 6.11. The van der Waals surface area contributed by atoms with Crippen LogP contribution in [0, 0.1) is 5.92 Å². The zero-order valence-corrected chi connectivity index (χ0v) is 22.4. The third kappa shape index (κ3) is 4.40. The van der Waals surface area contributed by atoms with Crippen LogP contribution >= 0.6 is 0 Å². The molecule has 1 saturated heterocycles. The second-order valence-electron chi connectivity index (χ2n) is 11.1. The van der Waals surface area contributed by atoms with Gasteiger partial charge >= 0.3 is 0 Å². The molecule has 200 valence electrons. The summed E-state index contributed by atoms with van der Waals surface area (Å²) in [6.45, 7) is 8.43. The molecule has 4 heterocycles. The van der Waals surface area contributed by atoms with E-state index in [0.717, 1.165) is 50.0 Å². The van der Waals surface area contributed by atoms with Gasteiger partial charge in [-0.25, -0.2) is 19.3 Å². The molecule has 2 aliphatic carbocycles. The minimum absolute atomic E-state index is 0.144. The number of likely N-dealkylation sites (N-methyl/N-ethyl adjacent to an activating group) is 1. The van der Waals surface area contributed by atoms with E-state index >= 15 is 0 Å². The van der Waals surface area contributed by atoms with Crippen molar-refractivity contribution in [2.24, 2.45) is 5.92 Å². The first-order chi connectivity index (χ1) is 19.1. The van der Waals surface area contributed by atoms with Crippen LogP contribution in [-0.4, -0.2) is 62.4 Å². The van der Waals surface area contributed by atoms with Gasteiger partial charge < -0.3 is 15.1 Å². The lowest BCUT2D eigenvalue weighted by atomic mass is 10.0. The van der Waals surface area contributed by atoms with Crippen LogP contribution in [-0.2, 0) is 13.0 Å². The first-order valence-electron chi connectivity index (χ1n) is 14.0. The standard InChI is InChI=1S/C30H34N8O/c1-3-14-37-29(39)25-19-31-30(32-22-8-10-23(11-9-22)36-17-15-35(2)16-18-36)34-28(25)38(37)26-13-7-21-6-12-24(20-4-5-20)27(21)33-26/h3,7-11,13,19-20,24H,1,4-6,12,14-18H2,2H3,(H,31,32,34). The summed E-state index contributed by atoms with van der Waals surface area (Å²) in [4.78, 5) is 32.6. The Kier molecular flexibility index (Phi) is 5.96. The first-order valence-corrected chi connectivity index (χ1v) is 14.0. The van der Waals surface area contributed by atoms with Crippen LogP contribution in [0.15, 0.2) is 60.0 Å². The number of nitrogens with zero attached hydrogens (tertiary/aromatic N) is 7. The Morgan fingerprint density at radius 3 is 2.56 bits per heavy atom. The number of benzene rings is 1. The van der Waals surface area contributed by atoms with Crippen molar-refractivity contribution in [1.82, 2.24) is 29.2 Å². The van der Waals surface area contributed by atoms with Gasteiger partial charge in [-0.2, -0.15) is 4.98 Å². The molecule has 39 heavy (non-hydrogen) atoms. The average molecular weight is 523 g/mol. The molecule has 0 amide bonds. The highest BCUT2D eigenvalue weighted by Crippen LogP contribution is 2.48. The molecule has 9 nitrogen and oxygen atoms in total. The molecule has 7 rings (SSSR count). The molecule has 0 radical (unpaired) electrons. The summed E-state index contributed by atoms with van der Waals surface area (Å²) in [5, 5.41) is 3.80. The van der Waals surface area contributed by atoms with E-state index in [1.165, 1.54) is 36.2 Å². The van der Waals surface area contributed by atoms with Crippen LogP contribution < -0.4 is 15.8 Å². The van der Waals surface area contributed by atoms with Crippen LogP contribution in [0.3, 0.4) is 0 Å². The molecule has 1 unspecified atom stereocenters. The van der Waals surface area contributed by atoms with Gasteiger partial charge in [0.25, 0.3) is 5.56 Å². The number of aromatic nitrogens is 5. The Balaban J connectivity index is 1.23. The summed E-state index contributed by atoms with van der Waals surface area (Å²) in [5.41, 5.74) is 5.04.